The van der Waals surface area contributed by atoms with E-state index in [2.05, 4.69) is 0 Å². The molecule has 25 heavy (non-hydrogen) atoms. The van der Waals surface area contributed by atoms with Gasteiger partial charge in [-0.25, -0.2) is 0 Å². The smallest absolute Gasteiger partial charge is 0.312 e. The summed E-state index contributed by atoms with van der Waals surface area (Å²) in [5, 5.41) is 9.48. The summed E-state index contributed by atoms with van der Waals surface area (Å²) in [7, 11) is 0. The second-order valence-corrected chi connectivity index (χ2v) is 8.35. The average Bonchev–Trinajstić information content (AvgIpc) is 2.91. The van der Waals surface area contributed by atoms with Gasteiger partial charge >= 0.3 is 5.97 Å². The standard InChI is InChI=1S/C18H17Cl2NO3S/c19-15-8-11(17(20)25-15)5-3-7-16(22)21-9-12-4-1-2-6-13(12)14(10-21)18(23)24/h1-2,4,6,8,14H,3,5,7,9-10H2,(H,23,24). The lowest BCUT2D eigenvalue weighted by atomic mass is 9.89. The van der Waals surface area contributed by atoms with Crippen LogP contribution in [0.5, 0.6) is 0 Å². The number of thiophene rings is 1. The quantitative estimate of drug-likeness (QED) is 0.802. The van der Waals surface area contributed by atoms with Gasteiger partial charge in [0.2, 0.25) is 5.91 Å². The van der Waals surface area contributed by atoms with Crippen LogP contribution in [0.2, 0.25) is 8.67 Å². The molecule has 1 aliphatic rings. The van der Waals surface area contributed by atoms with Crippen molar-refractivity contribution in [2.24, 2.45) is 0 Å². The predicted molar refractivity (Wildman–Crippen MR) is 99.5 cm³/mol. The third-order valence-electron chi connectivity index (χ3n) is 4.41. The van der Waals surface area contributed by atoms with E-state index in [1.165, 1.54) is 11.3 Å². The molecular formula is C18H17Cl2NO3S. The van der Waals surface area contributed by atoms with E-state index in [4.69, 9.17) is 23.2 Å². The molecule has 1 amide bonds. The number of fused-ring (bicyclic) bond motifs is 1. The maximum atomic E-state index is 12.5. The van der Waals surface area contributed by atoms with Crippen LogP contribution in [0.3, 0.4) is 0 Å². The fourth-order valence-electron chi connectivity index (χ4n) is 3.14. The van der Waals surface area contributed by atoms with Gasteiger partial charge in [0.1, 0.15) is 0 Å². The van der Waals surface area contributed by atoms with Crippen LogP contribution in [-0.2, 0) is 22.6 Å². The van der Waals surface area contributed by atoms with Crippen LogP contribution in [0.1, 0.15) is 35.4 Å². The van der Waals surface area contributed by atoms with Gasteiger partial charge in [-0.15, -0.1) is 11.3 Å². The second kappa shape index (κ2) is 7.77. The molecule has 3 rings (SSSR count). The fourth-order valence-corrected chi connectivity index (χ4v) is 4.69. The van der Waals surface area contributed by atoms with Crippen molar-refractivity contribution in [2.45, 2.75) is 31.7 Å². The van der Waals surface area contributed by atoms with Crippen LogP contribution in [0.15, 0.2) is 30.3 Å². The van der Waals surface area contributed by atoms with Crippen molar-refractivity contribution < 1.29 is 14.7 Å². The molecule has 0 radical (unpaired) electrons. The number of hydrogen-bond acceptors (Lipinski definition) is 3. The van der Waals surface area contributed by atoms with Crippen LogP contribution < -0.4 is 0 Å². The molecule has 132 valence electrons. The Labute approximate surface area is 160 Å². The second-order valence-electron chi connectivity index (χ2n) is 6.07. The van der Waals surface area contributed by atoms with Crippen LogP contribution in [0.4, 0.5) is 0 Å². The van der Waals surface area contributed by atoms with Crippen LogP contribution >= 0.6 is 34.5 Å². The zero-order chi connectivity index (χ0) is 18.0. The average molecular weight is 398 g/mol. The maximum absolute atomic E-state index is 12.5. The molecule has 7 heteroatoms. The van der Waals surface area contributed by atoms with Crippen LogP contribution in [0.25, 0.3) is 0 Å². The highest BCUT2D eigenvalue weighted by molar-refractivity contribution is 7.20. The molecule has 1 aliphatic heterocycles. The van der Waals surface area contributed by atoms with Crippen LogP contribution in [0, 0.1) is 0 Å². The molecule has 0 spiro atoms. The Morgan fingerprint density at radius 3 is 2.72 bits per heavy atom. The van der Waals surface area contributed by atoms with Gasteiger partial charge in [0, 0.05) is 19.5 Å². The number of carbonyl (C=O) groups excluding carboxylic acids is 1. The van der Waals surface area contributed by atoms with E-state index in [1.54, 1.807) is 4.90 Å². The minimum atomic E-state index is -0.898. The molecule has 1 atom stereocenters. The summed E-state index contributed by atoms with van der Waals surface area (Å²) in [6.45, 7) is 0.681. The lowest BCUT2D eigenvalue weighted by molar-refractivity contribution is -0.141. The summed E-state index contributed by atoms with van der Waals surface area (Å²) in [6.07, 6.45) is 1.69. The predicted octanol–water partition coefficient (Wildman–Crippen LogP) is 4.59. The first-order valence-corrected chi connectivity index (χ1v) is 9.55. The number of carbonyl (C=O) groups is 2. The summed E-state index contributed by atoms with van der Waals surface area (Å²) < 4.78 is 1.30. The first-order valence-electron chi connectivity index (χ1n) is 7.98. The van der Waals surface area contributed by atoms with Crippen LogP contribution in [-0.4, -0.2) is 28.4 Å². The molecule has 0 fully saturated rings. The molecule has 2 heterocycles. The molecule has 1 aromatic heterocycles. The molecule has 0 saturated carbocycles. The number of carboxylic acids is 1. The fraction of sp³-hybridized carbons (Fsp3) is 0.333. The highest BCUT2D eigenvalue weighted by atomic mass is 35.5. The first-order chi connectivity index (χ1) is 12.0. The van der Waals surface area contributed by atoms with E-state index < -0.39 is 11.9 Å². The monoisotopic (exact) mass is 397 g/mol. The zero-order valence-electron chi connectivity index (χ0n) is 13.4. The van der Waals surface area contributed by atoms with Gasteiger partial charge in [0.25, 0.3) is 0 Å². The van der Waals surface area contributed by atoms with Gasteiger partial charge in [-0.1, -0.05) is 47.5 Å². The Balaban J connectivity index is 1.63. The van der Waals surface area contributed by atoms with Gasteiger partial charge in [-0.05, 0) is 35.6 Å². The van der Waals surface area contributed by atoms with E-state index in [-0.39, 0.29) is 12.5 Å². The van der Waals surface area contributed by atoms with Gasteiger partial charge in [-0.2, -0.15) is 0 Å². The number of rotatable bonds is 5. The maximum Gasteiger partial charge on any atom is 0.312 e. The molecule has 1 aromatic carbocycles. The SMILES string of the molecule is O=C(O)C1CN(C(=O)CCCc2cc(Cl)sc2Cl)Cc2ccccc21. The van der Waals surface area contributed by atoms with E-state index in [9.17, 15) is 14.7 Å². The van der Waals surface area contributed by atoms with Crippen molar-refractivity contribution in [1.29, 1.82) is 0 Å². The number of amides is 1. The number of nitrogens with zero attached hydrogens (tertiary/aromatic N) is 1. The van der Waals surface area contributed by atoms with Gasteiger partial charge in [0.15, 0.2) is 0 Å². The van der Waals surface area contributed by atoms with Crippen molar-refractivity contribution in [3.63, 3.8) is 0 Å². The van der Waals surface area contributed by atoms with Gasteiger partial charge < -0.3 is 10.0 Å². The Morgan fingerprint density at radius 2 is 2.04 bits per heavy atom. The van der Waals surface area contributed by atoms with Crippen molar-refractivity contribution in [3.8, 4) is 0 Å². The first kappa shape index (κ1) is 18.2. The normalized spacial score (nSPS) is 16.6. The van der Waals surface area contributed by atoms with Crippen molar-refractivity contribution >= 4 is 46.4 Å². The lowest BCUT2D eigenvalue weighted by Crippen LogP contribution is -2.40. The summed E-state index contributed by atoms with van der Waals surface area (Å²) in [5.74, 6) is -1.60. The number of benzene rings is 1. The summed E-state index contributed by atoms with van der Waals surface area (Å²) in [5.41, 5.74) is 2.66. The molecule has 4 nitrogen and oxygen atoms in total. The Hall–Kier alpha value is -1.56. The zero-order valence-corrected chi connectivity index (χ0v) is 15.7. The van der Waals surface area contributed by atoms with E-state index in [0.717, 1.165) is 16.7 Å². The Bertz CT molecular complexity index is 805. The minimum absolute atomic E-state index is 0.0294. The summed E-state index contributed by atoms with van der Waals surface area (Å²) in [6, 6.07) is 9.25. The Morgan fingerprint density at radius 1 is 1.28 bits per heavy atom. The molecule has 0 saturated heterocycles. The number of hydrogen-bond donors (Lipinski definition) is 1. The number of aryl methyl sites for hydroxylation is 1. The topological polar surface area (TPSA) is 57.6 Å². The third kappa shape index (κ3) is 4.17. The van der Waals surface area contributed by atoms with Gasteiger partial charge in [0.05, 0.1) is 14.6 Å². The van der Waals surface area contributed by atoms with E-state index >= 15 is 0 Å². The molecule has 0 bridgehead atoms. The Kier molecular flexibility index (Phi) is 5.67. The number of carboxylic acid groups (broad SMARTS) is 1. The minimum Gasteiger partial charge on any atom is -0.481 e. The molecule has 1 N–H and O–H groups in total. The molecule has 2 aromatic rings. The molecule has 1 unspecified atom stereocenters. The highest BCUT2D eigenvalue weighted by Crippen LogP contribution is 2.32. The van der Waals surface area contributed by atoms with Gasteiger partial charge in [-0.3, -0.25) is 9.59 Å². The number of halogens is 2. The van der Waals surface area contributed by atoms with E-state index in [1.807, 2.05) is 30.3 Å². The summed E-state index contributed by atoms with van der Waals surface area (Å²) in [4.78, 5) is 25.7. The largest absolute Gasteiger partial charge is 0.481 e. The lowest BCUT2D eigenvalue weighted by Gasteiger charge is -2.33. The van der Waals surface area contributed by atoms with Crippen molar-refractivity contribution in [3.05, 3.63) is 55.7 Å². The third-order valence-corrected chi connectivity index (χ3v) is 5.98. The number of aliphatic carboxylic acids is 1. The summed E-state index contributed by atoms with van der Waals surface area (Å²) >= 11 is 13.3. The van der Waals surface area contributed by atoms with Crippen molar-refractivity contribution in [1.82, 2.24) is 4.90 Å². The van der Waals surface area contributed by atoms with E-state index in [0.29, 0.717) is 34.5 Å². The molecular weight excluding hydrogens is 381 g/mol. The molecule has 0 aliphatic carbocycles. The highest BCUT2D eigenvalue weighted by Gasteiger charge is 2.32. The van der Waals surface area contributed by atoms with Crippen molar-refractivity contribution in [2.75, 3.05) is 6.54 Å².